The molecule has 0 aliphatic carbocycles. The molecule has 12 nitrogen and oxygen atoms in total. The molecule has 14 heteroatoms. The van der Waals surface area contributed by atoms with Crippen molar-refractivity contribution in [2.45, 2.75) is 57.5 Å². The molecule has 0 amide bonds. The number of esters is 4. The molecule has 0 spiro atoms. The van der Waals surface area contributed by atoms with E-state index in [-0.39, 0.29) is 0 Å². The first kappa shape index (κ1) is 25.4. The molecule has 0 unspecified atom stereocenters. The van der Waals surface area contributed by atoms with Crippen LogP contribution in [0.15, 0.2) is 0 Å². The van der Waals surface area contributed by atoms with Crippen LogP contribution in [-0.2, 0) is 47.4 Å². The SMILES string of the molecule is CC(=O)OC[C@H]1O[C@@H](SCP(=O)(O)O)[C@H](OC(C)=O)[C@@H](OC(C)=O)[C@@H]1OC(C)=O. The fourth-order valence-corrected chi connectivity index (χ4v) is 4.48. The second kappa shape index (κ2) is 10.9. The summed E-state index contributed by atoms with van der Waals surface area (Å²) >= 11 is 0.609. The van der Waals surface area contributed by atoms with Crippen molar-refractivity contribution in [1.29, 1.82) is 0 Å². The zero-order chi connectivity index (χ0) is 22.4. The van der Waals surface area contributed by atoms with Gasteiger partial charge in [0.2, 0.25) is 0 Å². The van der Waals surface area contributed by atoms with E-state index in [1.54, 1.807) is 0 Å². The molecule has 1 aliphatic rings. The summed E-state index contributed by atoms with van der Waals surface area (Å²) in [6, 6.07) is 0. The Morgan fingerprint density at radius 3 is 1.79 bits per heavy atom. The first-order valence-corrected chi connectivity index (χ1v) is 11.1. The zero-order valence-corrected chi connectivity index (χ0v) is 17.8. The van der Waals surface area contributed by atoms with E-state index in [1.165, 1.54) is 0 Å². The molecule has 1 aliphatic heterocycles. The van der Waals surface area contributed by atoms with Gasteiger partial charge in [0.15, 0.2) is 18.3 Å². The summed E-state index contributed by atoms with van der Waals surface area (Å²) in [4.78, 5) is 64.2. The van der Waals surface area contributed by atoms with E-state index in [0.29, 0.717) is 11.8 Å². The van der Waals surface area contributed by atoms with E-state index in [9.17, 15) is 23.7 Å². The van der Waals surface area contributed by atoms with Crippen molar-refractivity contribution < 1.29 is 57.2 Å². The number of rotatable bonds is 8. The van der Waals surface area contributed by atoms with E-state index in [2.05, 4.69) is 0 Å². The Hall–Kier alpha value is -1.66. The summed E-state index contributed by atoms with van der Waals surface area (Å²) in [5.41, 5.74) is -1.91. The average Bonchev–Trinajstić information content (AvgIpc) is 2.53. The molecule has 0 aromatic heterocycles. The van der Waals surface area contributed by atoms with Crippen LogP contribution in [-0.4, -0.2) is 75.6 Å². The largest absolute Gasteiger partial charge is 0.463 e. The normalized spacial score (nSPS) is 26.9. The van der Waals surface area contributed by atoms with E-state index in [1.807, 2.05) is 0 Å². The van der Waals surface area contributed by atoms with Gasteiger partial charge in [0, 0.05) is 27.7 Å². The number of carbonyl (C=O) groups is 4. The van der Waals surface area contributed by atoms with Crippen LogP contribution in [0.2, 0.25) is 0 Å². The molecule has 1 saturated heterocycles. The highest BCUT2D eigenvalue weighted by Gasteiger charge is 2.52. The predicted molar refractivity (Wildman–Crippen MR) is 96.5 cm³/mol. The van der Waals surface area contributed by atoms with E-state index in [4.69, 9.17) is 33.5 Å². The molecule has 1 fully saturated rings. The Morgan fingerprint density at radius 1 is 0.862 bits per heavy atom. The zero-order valence-electron chi connectivity index (χ0n) is 16.1. The van der Waals surface area contributed by atoms with Crippen molar-refractivity contribution in [2.24, 2.45) is 0 Å². The van der Waals surface area contributed by atoms with E-state index in [0.717, 1.165) is 27.7 Å². The number of ether oxygens (including phenoxy) is 5. The van der Waals surface area contributed by atoms with Gasteiger partial charge in [0.1, 0.15) is 18.1 Å². The number of thioether (sulfide) groups is 1. The van der Waals surface area contributed by atoms with Crippen LogP contribution < -0.4 is 0 Å². The summed E-state index contributed by atoms with van der Waals surface area (Å²) in [6.07, 6.45) is -5.20. The summed E-state index contributed by atoms with van der Waals surface area (Å²) in [5.74, 6) is -3.03. The van der Waals surface area contributed by atoms with Gasteiger partial charge in [-0.2, -0.15) is 0 Å². The maximum absolute atomic E-state index is 11.6. The van der Waals surface area contributed by atoms with Crippen LogP contribution in [0.25, 0.3) is 0 Å². The quantitative estimate of drug-likeness (QED) is 0.282. The molecule has 0 radical (unpaired) electrons. The Bertz CT molecular complexity index is 676. The van der Waals surface area contributed by atoms with Gasteiger partial charge in [-0.25, -0.2) is 0 Å². The second-order valence-corrected chi connectivity index (χ2v) is 9.19. The highest BCUT2D eigenvalue weighted by atomic mass is 32.2. The van der Waals surface area contributed by atoms with Gasteiger partial charge in [-0.15, -0.1) is 11.8 Å². The third-order valence-electron chi connectivity index (χ3n) is 3.36. The lowest BCUT2D eigenvalue weighted by atomic mass is 9.99. The first-order valence-electron chi connectivity index (χ1n) is 8.26. The maximum atomic E-state index is 11.6. The fraction of sp³-hybridized carbons (Fsp3) is 0.733. The molecule has 2 N–H and O–H groups in total. The van der Waals surface area contributed by atoms with Crippen molar-refractivity contribution >= 4 is 43.2 Å². The van der Waals surface area contributed by atoms with Gasteiger partial charge in [-0.05, 0) is 0 Å². The molecule has 29 heavy (non-hydrogen) atoms. The Morgan fingerprint density at radius 2 is 1.34 bits per heavy atom. The van der Waals surface area contributed by atoms with Crippen LogP contribution >= 0.6 is 19.4 Å². The lowest BCUT2D eigenvalue weighted by molar-refractivity contribution is -0.237. The molecule has 1 heterocycles. The van der Waals surface area contributed by atoms with Gasteiger partial charge < -0.3 is 33.5 Å². The maximum Gasteiger partial charge on any atom is 0.335 e. The van der Waals surface area contributed by atoms with Gasteiger partial charge in [-0.3, -0.25) is 23.7 Å². The van der Waals surface area contributed by atoms with E-state index >= 15 is 0 Å². The van der Waals surface area contributed by atoms with Crippen molar-refractivity contribution in [3.05, 3.63) is 0 Å². The first-order chi connectivity index (χ1) is 13.3. The third-order valence-corrected chi connectivity index (χ3v) is 6.00. The van der Waals surface area contributed by atoms with Crippen LogP contribution in [0.5, 0.6) is 0 Å². The highest BCUT2D eigenvalue weighted by Crippen LogP contribution is 2.43. The Kier molecular flexibility index (Phi) is 9.56. The van der Waals surface area contributed by atoms with Crippen LogP contribution in [0.4, 0.5) is 0 Å². The minimum absolute atomic E-state index is 0.412. The summed E-state index contributed by atoms with van der Waals surface area (Å²) in [5, 5.41) is 0. The standard InChI is InChI=1S/C15H23O12PS/c1-7(16)23-5-11-12(24-8(2)17)13(25-9(3)18)14(26-10(4)19)15(27-11)29-6-28(20,21)22/h11-15H,5-6H2,1-4H3,(H2,20,21,22)/t11-,12-,13+,14-,15+/m1/s1. The monoisotopic (exact) mass is 458 g/mol. The number of carbonyl (C=O) groups excluding carboxylic acids is 4. The average molecular weight is 458 g/mol. The van der Waals surface area contributed by atoms with Gasteiger partial charge in [-0.1, -0.05) is 0 Å². The molecular weight excluding hydrogens is 435 g/mol. The molecule has 166 valence electrons. The smallest absolute Gasteiger partial charge is 0.335 e. The Balaban J connectivity index is 3.29. The lowest BCUT2D eigenvalue weighted by Gasteiger charge is -2.44. The van der Waals surface area contributed by atoms with Gasteiger partial charge in [0.25, 0.3) is 0 Å². The molecule has 0 aromatic carbocycles. The Labute approximate surface area is 170 Å². The molecule has 0 bridgehead atoms. The van der Waals surface area contributed by atoms with Crippen molar-refractivity contribution in [3.63, 3.8) is 0 Å². The van der Waals surface area contributed by atoms with Crippen molar-refractivity contribution in [2.75, 3.05) is 12.1 Å². The minimum atomic E-state index is -4.47. The summed E-state index contributed by atoms with van der Waals surface area (Å²) < 4.78 is 37.3. The molecule has 0 aromatic rings. The topological polar surface area (TPSA) is 172 Å². The minimum Gasteiger partial charge on any atom is -0.463 e. The lowest BCUT2D eigenvalue weighted by Crippen LogP contribution is -2.61. The van der Waals surface area contributed by atoms with Crippen molar-refractivity contribution in [1.82, 2.24) is 0 Å². The summed E-state index contributed by atoms with van der Waals surface area (Å²) in [7, 11) is -4.47. The highest BCUT2D eigenvalue weighted by molar-refractivity contribution is 8.04. The van der Waals surface area contributed by atoms with Crippen LogP contribution in [0, 0.1) is 0 Å². The van der Waals surface area contributed by atoms with E-state index < -0.39 is 73.4 Å². The van der Waals surface area contributed by atoms with Crippen LogP contribution in [0.3, 0.4) is 0 Å². The van der Waals surface area contributed by atoms with Gasteiger partial charge in [0.05, 0.1) is 5.49 Å². The number of hydrogen-bond acceptors (Lipinski definition) is 11. The molecule has 5 atom stereocenters. The molecular formula is C15H23O12PS. The molecule has 0 saturated carbocycles. The molecule has 1 rings (SSSR count). The summed E-state index contributed by atoms with van der Waals surface area (Å²) in [6.45, 7) is 3.95. The predicted octanol–water partition coefficient (Wildman–Crippen LogP) is -0.0621. The van der Waals surface area contributed by atoms with Crippen LogP contribution in [0.1, 0.15) is 27.7 Å². The van der Waals surface area contributed by atoms with Crippen molar-refractivity contribution in [3.8, 4) is 0 Å². The number of hydrogen-bond donors (Lipinski definition) is 2. The fourth-order valence-electron chi connectivity index (χ4n) is 2.49. The van der Waals surface area contributed by atoms with Gasteiger partial charge >= 0.3 is 31.5 Å². The third kappa shape index (κ3) is 9.13. The second-order valence-electron chi connectivity index (χ2n) is 6.03.